The van der Waals surface area contributed by atoms with Crippen molar-refractivity contribution in [1.82, 2.24) is 0 Å². The van der Waals surface area contributed by atoms with Crippen molar-refractivity contribution >= 4 is 17.3 Å². The average Bonchev–Trinajstić information content (AvgIpc) is 2.58. The van der Waals surface area contributed by atoms with E-state index in [-0.39, 0.29) is 11.8 Å². The highest BCUT2D eigenvalue weighted by Gasteiger charge is 2.07. The Hall–Kier alpha value is -2.62. The molecule has 0 atom stereocenters. The third-order valence-corrected chi connectivity index (χ3v) is 3.24. The molecule has 23 heavy (non-hydrogen) atoms. The van der Waals surface area contributed by atoms with E-state index < -0.39 is 0 Å². The van der Waals surface area contributed by atoms with Crippen LogP contribution in [0.1, 0.15) is 19.8 Å². The molecule has 120 valence electrons. The Morgan fingerprint density at radius 2 is 1.74 bits per heavy atom. The Balaban J connectivity index is 2.17. The summed E-state index contributed by atoms with van der Waals surface area (Å²) in [5.41, 5.74) is 1.63. The minimum absolute atomic E-state index is 0.301. The van der Waals surface area contributed by atoms with E-state index >= 15 is 0 Å². The standard InChI is InChI=1S/C19H20FNO2/c1-2-3-15-23-19(22)13-14-21(17-7-5-4-6-8-17)18-11-9-16(20)10-12-18/h4-14H,2-3,15H2,1H3/b14-13+. The molecule has 4 heteroatoms. The summed E-state index contributed by atoms with van der Waals surface area (Å²) in [6.07, 6.45) is 4.84. The zero-order chi connectivity index (χ0) is 16.5. The summed E-state index contributed by atoms with van der Waals surface area (Å²) in [5.74, 6) is -0.689. The number of para-hydroxylation sites is 1. The van der Waals surface area contributed by atoms with Crippen LogP contribution < -0.4 is 4.90 Å². The van der Waals surface area contributed by atoms with E-state index in [2.05, 4.69) is 0 Å². The van der Waals surface area contributed by atoms with Gasteiger partial charge in [-0.25, -0.2) is 9.18 Å². The molecule has 0 N–H and O–H groups in total. The maximum Gasteiger partial charge on any atom is 0.332 e. The molecule has 0 saturated heterocycles. The summed E-state index contributed by atoms with van der Waals surface area (Å²) in [6.45, 7) is 2.46. The summed E-state index contributed by atoms with van der Waals surface area (Å²) >= 11 is 0. The van der Waals surface area contributed by atoms with Gasteiger partial charge in [-0.15, -0.1) is 0 Å². The van der Waals surface area contributed by atoms with E-state index in [0.29, 0.717) is 6.61 Å². The molecule has 3 nitrogen and oxygen atoms in total. The van der Waals surface area contributed by atoms with Gasteiger partial charge in [-0.05, 0) is 42.8 Å². The van der Waals surface area contributed by atoms with Crippen LogP contribution in [0.2, 0.25) is 0 Å². The largest absolute Gasteiger partial charge is 0.462 e. The summed E-state index contributed by atoms with van der Waals surface area (Å²) in [4.78, 5) is 13.5. The number of hydrogen-bond donors (Lipinski definition) is 0. The lowest BCUT2D eigenvalue weighted by atomic mass is 10.2. The SMILES string of the molecule is CCCCOC(=O)/C=C/N(c1ccccc1)c1ccc(F)cc1. The van der Waals surface area contributed by atoms with Crippen LogP contribution in [0.3, 0.4) is 0 Å². The minimum atomic E-state index is -0.388. The summed E-state index contributed by atoms with van der Waals surface area (Å²) in [5, 5.41) is 0. The van der Waals surface area contributed by atoms with Gasteiger partial charge in [-0.3, -0.25) is 0 Å². The number of halogens is 1. The maximum atomic E-state index is 13.1. The van der Waals surface area contributed by atoms with E-state index in [0.717, 1.165) is 24.2 Å². The summed E-state index contributed by atoms with van der Waals surface area (Å²) < 4.78 is 18.2. The van der Waals surface area contributed by atoms with Gasteiger partial charge in [0.15, 0.2) is 0 Å². The Labute approximate surface area is 136 Å². The number of esters is 1. The van der Waals surface area contributed by atoms with Crippen molar-refractivity contribution in [2.45, 2.75) is 19.8 Å². The van der Waals surface area contributed by atoms with Crippen LogP contribution in [0.5, 0.6) is 0 Å². The summed E-state index contributed by atoms with van der Waals surface area (Å²) in [7, 11) is 0. The van der Waals surface area contributed by atoms with Gasteiger partial charge in [0.2, 0.25) is 0 Å². The number of ether oxygens (including phenoxy) is 1. The minimum Gasteiger partial charge on any atom is -0.462 e. The number of carbonyl (C=O) groups excluding carboxylic acids is 1. The number of unbranched alkanes of at least 4 members (excludes halogenated alkanes) is 1. The zero-order valence-electron chi connectivity index (χ0n) is 13.1. The quantitative estimate of drug-likeness (QED) is 0.417. The van der Waals surface area contributed by atoms with E-state index in [1.165, 1.54) is 18.2 Å². The predicted molar refractivity (Wildman–Crippen MR) is 90.0 cm³/mol. The summed E-state index contributed by atoms with van der Waals surface area (Å²) in [6, 6.07) is 15.6. The molecule has 0 aliphatic heterocycles. The second kappa shape index (κ2) is 8.73. The van der Waals surface area contributed by atoms with Gasteiger partial charge in [0.05, 0.1) is 6.61 Å². The van der Waals surface area contributed by atoms with Gasteiger partial charge < -0.3 is 9.64 Å². The number of rotatable bonds is 7. The molecule has 0 spiro atoms. The second-order valence-corrected chi connectivity index (χ2v) is 5.02. The van der Waals surface area contributed by atoms with Crippen LogP contribution in [-0.2, 0) is 9.53 Å². The first-order chi connectivity index (χ1) is 11.2. The smallest absolute Gasteiger partial charge is 0.332 e. The third kappa shape index (κ3) is 5.25. The van der Waals surface area contributed by atoms with E-state index in [4.69, 9.17) is 4.74 Å². The Bertz CT molecular complexity index is 638. The first kappa shape index (κ1) is 16.7. The molecule has 2 aromatic rings. The lowest BCUT2D eigenvalue weighted by Crippen LogP contribution is -2.10. The van der Waals surface area contributed by atoms with Crippen LogP contribution >= 0.6 is 0 Å². The van der Waals surface area contributed by atoms with Crippen molar-refractivity contribution in [2.75, 3.05) is 11.5 Å². The Kier molecular flexibility index (Phi) is 6.36. The molecule has 0 aliphatic carbocycles. The predicted octanol–water partition coefficient (Wildman–Crippen LogP) is 4.82. The fourth-order valence-corrected chi connectivity index (χ4v) is 2.01. The Morgan fingerprint density at radius 1 is 1.09 bits per heavy atom. The zero-order valence-corrected chi connectivity index (χ0v) is 13.1. The van der Waals surface area contributed by atoms with Crippen molar-refractivity contribution in [3.8, 4) is 0 Å². The highest BCUT2D eigenvalue weighted by atomic mass is 19.1. The van der Waals surface area contributed by atoms with E-state index in [1.54, 1.807) is 23.2 Å². The molecule has 0 aromatic heterocycles. The van der Waals surface area contributed by atoms with Gasteiger partial charge in [0, 0.05) is 23.7 Å². The van der Waals surface area contributed by atoms with Crippen LogP contribution in [0.15, 0.2) is 66.9 Å². The van der Waals surface area contributed by atoms with E-state index in [9.17, 15) is 9.18 Å². The number of carbonyl (C=O) groups is 1. The highest BCUT2D eigenvalue weighted by Crippen LogP contribution is 2.25. The van der Waals surface area contributed by atoms with Gasteiger partial charge in [-0.1, -0.05) is 31.5 Å². The van der Waals surface area contributed by atoms with Crippen molar-refractivity contribution in [3.63, 3.8) is 0 Å². The highest BCUT2D eigenvalue weighted by molar-refractivity contribution is 5.83. The topological polar surface area (TPSA) is 29.5 Å². The van der Waals surface area contributed by atoms with Gasteiger partial charge in [0.1, 0.15) is 5.82 Å². The third-order valence-electron chi connectivity index (χ3n) is 3.24. The maximum absolute atomic E-state index is 13.1. The lowest BCUT2D eigenvalue weighted by molar-refractivity contribution is -0.137. The van der Waals surface area contributed by atoms with Gasteiger partial charge >= 0.3 is 5.97 Å². The second-order valence-electron chi connectivity index (χ2n) is 5.02. The number of anilines is 2. The molecular weight excluding hydrogens is 293 g/mol. The molecular formula is C19H20FNO2. The molecule has 0 fully saturated rings. The molecule has 0 radical (unpaired) electrons. The molecule has 0 unspecified atom stereocenters. The molecule has 0 saturated carbocycles. The Morgan fingerprint density at radius 3 is 2.39 bits per heavy atom. The molecule has 2 aromatic carbocycles. The van der Waals surface area contributed by atoms with Crippen molar-refractivity contribution in [2.24, 2.45) is 0 Å². The van der Waals surface area contributed by atoms with Crippen LogP contribution in [-0.4, -0.2) is 12.6 Å². The molecule has 0 heterocycles. The molecule has 0 aliphatic rings. The number of nitrogens with zero attached hydrogens (tertiary/aromatic N) is 1. The van der Waals surface area contributed by atoms with E-state index in [1.807, 2.05) is 37.3 Å². The first-order valence-electron chi connectivity index (χ1n) is 7.65. The van der Waals surface area contributed by atoms with Gasteiger partial charge in [-0.2, -0.15) is 0 Å². The molecule has 0 amide bonds. The van der Waals surface area contributed by atoms with Crippen LogP contribution in [0.25, 0.3) is 0 Å². The van der Waals surface area contributed by atoms with Crippen LogP contribution in [0.4, 0.5) is 15.8 Å². The normalized spacial score (nSPS) is 10.7. The van der Waals surface area contributed by atoms with Crippen LogP contribution in [0, 0.1) is 5.82 Å². The number of benzene rings is 2. The molecule has 2 rings (SSSR count). The lowest BCUT2D eigenvalue weighted by Gasteiger charge is -2.20. The number of hydrogen-bond acceptors (Lipinski definition) is 3. The fourth-order valence-electron chi connectivity index (χ4n) is 2.01. The average molecular weight is 313 g/mol. The first-order valence-corrected chi connectivity index (χ1v) is 7.65. The van der Waals surface area contributed by atoms with Crippen molar-refractivity contribution in [1.29, 1.82) is 0 Å². The van der Waals surface area contributed by atoms with Gasteiger partial charge in [0.25, 0.3) is 0 Å². The van der Waals surface area contributed by atoms with Crippen molar-refractivity contribution in [3.05, 3.63) is 72.7 Å². The van der Waals surface area contributed by atoms with Crippen molar-refractivity contribution < 1.29 is 13.9 Å². The monoisotopic (exact) mass is 313 g/mol. The molecule has 0 bridgehead atoms. The fraction of sp³-hybridized carbons (Fsp3) is 0.211.